The van der Waals surface area contributed by atoms with Gasteiger partial charge in [0.05, 0.1) is 30.8 Å². The van der Waals surface area contributed by atoms with E-state index in [4.69, 9.17) is 18.8 Å². The lowest BCUT2D eigenvalue weighted by Gasteiger charge is -2.40. The molecule has 9 heteroatoms. The van der Waals surface area contributed by atoms with Gasteiger partial charge >= 0.3 is 13.2 Å². The summed E-state index contributed by atoms with van der Waals surface area (Å²) in [6.07, 6.45) is -0.209. The molecule has 2 aliphatic heterocycles. The fraction of sp³-hybridized carbons (Fsp3) is 0.652. The molecule has 0 aromatic heterocycles. The van der Waals surface area contributed by atoms with Gasteiger partial charge < -0.3 is 29.0 Å². The Morgan fingerprint density at radius 2 is 1.75 bits per heavy atom. The quantitative estimate of drug-likeness (QED) is 0.699. The van der Waals surface area contributed by atoms with Gasteiger partial charge in [-0.2, -0.15) is 0 Å². The summed E-state index contributed by atoms with van der Waals surface area (Å²) in [4.78, 5) is 26.3. The van der Waals surface area contributed by atoms with E-state index in [1.807, 2.05) is 66.7 Å². The first-order chi connectivity index (χ1) is 14.7. The molecule has 0 unspecified atom stereocenters. The number of hydrogen-bond donors (Lipinski definition) is 1. The molecule has 2 heterocycles. The highest BCUT2D eigenvalue weighted by molar-refractivity contribution is 6.62. The molecule has 1 aromatic rings. The highest BCUT2D eigenvalue weighted by Gasteiger charge is 2.51. The smallest absolute Gasteiger partial charge is 0.494 e. The summed E-state index contributed by atoms with van der Waals surface area (Å²) in [6, 6.07) is 5.53. The van der Waals surface area contributed by atoms with Crippen LogP contribution in [0.25, 0.3) is 0 Å². The van der Waals surface area contributed by atoms with Gasteiger partial charge in [0.25, 0.3) is 0 Å². The van der Waals surface area contributed by atoms with Crippen molar-refractivity contribution in [2.45, 2.75) is 77.7 Å². The molecule has 1 aromatic carbocycles. The van der Waals surface area contributed by atoms with Gasteiger partial charge in [0.15, 0.2) is 0 Å². The maximum absolute atomic E-state index is 12.7. The van der Waals surface area contributed by atoms with Crippen LogP contribution in [-0.2, 0) is 25.3 Å². The number of likely N-dealkylation sites (tertiary alicyclic amines) is 1. The maximum atomic E-state index is 12.7. The van der Waals surface area contributed by atoms with Gasteiger partial charge in [0, 0.05) is 18.7 Å². The second-order valence-corrected chi connectivity index (χ2v) is 10.5. The summed E-state index contributed by atoms with van der Waals surface area (Å²) in [7, 11) is 1.07. The van der Waals surface area contributed by atoms with Crippen molar-refractivity contribution >= 4 is 24.6 Å². The standard InChI is InChI=1S/C23H35BN2O6/c1-21(2,3)30-20(28)26-13-17(14-26)25-19(27)12-15-11-16(9-10-18(15)29-8)24-31-22(4,5)23(6,7)32-24/h9-11,17H,12-14H2,1-8H3,(H,25,27). The van der Waals surface area contributed by atoms with Crippen LogP contribution in [0.15, 0.2) is 18.2 Å². The van der Waals surface area contributed by atoms with Gasteiger partial charge in [-0.05, 0) is 60.0 Å². The van der Waals surface area contributed by atoms with Gasteiger partial charge in [-0.3, -0.25) is 4.79 Å². The van der Waals surface area contributed by atoms with Gasteiger partial charge in [-0.25, -0.2) is 4.79 Å². The molecule has 0 spiro atoms. The SMILES string of the molecule is COc1ccc(B2OC(C)(C)C(C)(C)O2)cc1CC(=O)NC1CN(C(=O)OC(C)(C)C)C1. The highest BCUT2D eigenvalue weighted by Crippen LogP contribution is 2.36. The lowest BCUT2D eigenvalue weighted by Crippen LogP contribution is -2.61. The van der Waals surface area contributed by atoms with E-state index in [0.29, 0.717) is 18.8 Å². The maximum Gasteiger partial charge on any atom is 0.494 e. The van der Waals surface area contributed by atoms with E-state index >= 15 is 0 Å². The zero-order valence-electron chi connectivity index (χ0n) is 20.4. The van der Waals surface area contributed by atoms with Crippen LogP contribution in [0.3, 0.4) is 0 Å². The van der Waals surface area contributed by atoms with Crippen molar-refractivity contribution in [1.82, 2.24) is 10.2 Å². The highest BCUT2D eigenvalue weighted by atomic mass is 16.7. The van der Waals surface area contributed by atoms with Crippen LogP contribution in [0.1, 0.15) is 54.0 Å². The molecular weight excluding hydrogens is 411 g/mol. The lowest BCUT2D eigenvalue weighted by molar-refractivity contribution is -0.122. The third kappa shape index (κ3) is 5.38. The van der Waals surface area contributed by atoms with E-state index in [1.54, 1.807) is 12.0 Å². The predicted molar refractivity (Wildman–Crippen MR) is 122 cm³/mol. The van der Waals surface area contributed by atoms with Crippen LogP contribution in [-0.4, -0.2) is 67.1 Å². The number of hydrogen-bond acceptors (Lipinski definition) is 6. The molecule has 3 rings (SSSR count). The molecule has 0 saturated carbocycles. The Morgan fingerprint density at radius 1 is 1.16 bits per heavy atom. The molecule has 0 bridgehead atoms. The summed E-state index contributed by atoms with van der Waals surface area (Å²) < 4.78 is 23.1. The number of ether oxygens (including phenoxy) is 2. The van der Waals surface area contributed by atoms with Crippen molar-refractivity contribution < 1.29 is 28.4 Å². The molecule has 0 aliphatic carbocycles. The van der Waals surface area contributed by atoms with Crippen molar-refractivity contribution in [3.63, 3.8) is 0 Å². The lowest BCUT2D eigenvalue weighted by atomic mass is 9.78. The van der Waals surface area contributed by atoms with Crippen molar-refractivity contribution in [3.05, 3.63) is 23.8 Å². The fourth-order valence-corrected chi connectivity index (χ4v) is 3.56. The predicted octanol–water partition coefficient (Wildman–Crippen LogP) is 2.27. The van der Waals surface area contributed by atoms with Crippen LogP contribution in [0.2, 0.25) is 0 Å². The Labute approximate surface area is 191 Å². The van der Waals surface area contributed by atoms with E-state index in [1.165, 1.54) is 0 Å². The Bertz CT molecular complexity index is 858. The van der Waals surface area contributed by atoms with Crippen LogP contribution in [0, 0.1) is 0 Å². The molecule has 2 aliphatic rings. The molecule has 0 radical (unpaired) electrons. The number of methoxy groups -OCH3 is 1. The third-order valence-electron chi connectivity index (χ3n) is 6.08. The summed E-state index contributed by atoms with van der Waals surface area (Å²) in [5.74, 6) is 0.493. The Balaban J connectivity index is 1.60. The summed E-state index contributed by atoms with van der Waals surface area (Å²) >= 11 is 0. The molecule has 176 valence electrons. The summed E-state index contributed by atoms with van der Waals surface area (Å²) in [5.41, 5.74) is 0.163. The number of carbonyl (C=O) groups excluding carboxylic acids is 2. The number of carbonyl (C=O) groups is 2. The van der Waals surface area contributed by atoms with Crippen LogP contribution < -0.4 is 15.5 Å². The Morgan fingerprint density at radius 3 is 2.28 bits per heavy atom. The zero-order chi connectivity index (χ0) is 23.9. The van der Waals surface area contributed by atoms with Gasteiger partial charge in [-0.15, -0.1) is 0 Å². The second-order valence-electron chi connectivity index (χ2n) is 10.5. The minimum Gasteiger partial charge on any atom is -0.496 e. The summed E-state index contributed by atoms with van der Waals surface area (Å²) in [6.45, 7) is 14.4. The van der Waals surface area contributed by atoms with Crippen LogP contribution in [0.5, 0.6) is 5.75 Å². The minimum absolute atomic E-state index is 0.0905. The molecule has 2 amide bonds. The average molecular weight is 446 g/mol. The zero-order valence-corrected chi connectivity index (χ0v) is 20.4. The molecule has 8 nitrogen and oxygen atoms in total. The molecule has 1 N–H and O–H groups in total. The average Bonchev–Trinajstić information content (AvgIpc) is 2.83. The first-order valence-electron chi connectivity index (χ1n) is 11.0. The van der Waals surface area contributed by atoms with Crippen LogP contribution >= 0.6 is 0 Å². The van der Waals surface area contributed by atoms with Crippen molar-refractivity contribution in [2.24, 2.45) is 0 Å². The minimum atomic E-state index is -0.538. The van der Waals surface area contributed by atoms with Crippen molar-refractivity contribution in [1.29, 1.82) is 0 Å². The molecule has 0 atom stereocenters. The van der Waals surface area contributed by atoms with E-state index in [0.717, 1.165) is 11.0 Å². The van der Waals surface area contributed by atoms with E-state index in [-0.39, 0.29) is 24.5 Å². The third-order valence-corrected chi connectivity index (χ3v) is 6.08. The molecule has 2 saturated heterocycles. The van der Waals surface area contributed by atoms with E-state index < -0.39 is 23.9 Å². The summed E-state index contributed by atoms with van der Waals surface area (Å²) in [5, 5.41) is 2.97. The Kier molecular flexibility index (Phi) is 6.55. The number of amides is 2. The van der Waals surface area contributed by atoms with Crippen molar-refractivity contribution in [3.8, 4) is 5.75 Å². The molecule has 2 fully saturated rings. The number of nitrogens with zero attached hydrogens (tertiary/aromatic N) is 1. The van der Waals surface area contributed by atoms with Gasteiger partial charge in [-0.1, -0.05) is 12.1 Å². The van der Waals surface area contributed by atoms with E-state index in [2.05, 4.69) is 5.32 Å². The number of benzene rings is 1. The monoisotopic (exact) mass is 446 g/mol. The molecular formula is C23H35BN2O6. The Hall–Kier alpha value is -2.26. The van der Waals surface area contributed by atoms with Gasteiger partial charge in [0.1, 0.15) is 11.4 Å². The second kappa shape index (κ2) is 8.59. The fourth-order valence-electron chi connectivity index (χ4n) is 3.56. The van der Waals surface area contributed by atoms with Crippen LogP contribution in [0.4, 0.5) is 4.79 Å². The van der Waals surface area contributed by atoms with Crippen molar-refractivity contribution in [2.75, 3.05) is 20.2 Å². The molecule has 32 heavy (non-hydrogen) atoms. The number of nitrogens with one attached hydrogen (secondary N) is 1. The van der Waals surface area contributed by atoms with Gasteiger partial charge in [0.2, 0.25) is 5.91 Å². The largest absolute Gasteiger partial charge is 0.496 e. The first-order valence-corrected chi connectivity index (χ1v) is 11.0. The number of rotatable bonds is 5. The normalized spacial score (nSPS) is 20.0. The van der Waals surface area contributed by atoms with E-state index in [9.17, 15) is 9.59 Å². The first kappa shape index (κ1) is 24.4. The topological polar surface area (TPSA) is 86.3 Å².